The Morgan fingerprint density at radius 1 is 1.37 bits per heavy atom. The highest BCUT2D eigenvalue weighted by molar-refractivity contribution is 6.30. The number of amides is 1. The molecule has 0 aliphatic carbocycles. The van der Waals surface area contributed by atoms with Crippen LogP contribution in [-0.4, -0.2) is 83.1 Å². The zero-order valence-corrected chi connectivity index (χ0v) is 20.1. The Morgan fingerprint density at radius 3 is 3.00 bits per heavy atom. The molecule has 11 nitrogen and oxygen atoms in total. The number of ether oxygens (including phenoxy) is 3. The maximum absolute atomic E-state index is 12.0. The van der Waals surface area contributed by atoms with E-state index in [4.69, 9.17) is 31.5 Å². The van der Waals surface area contributed by atoms with Crippen LogP contribution in [-0.2, 0) is 16.1 Å². The molecule has 0 radical (unpaired) electrons. The number of fused-ring (bicyclic) bond motifs is 1. The van der Waals surface area contributed by atoms with Crippen LogP contribution in [0.2, 0.25) is 0 Å². The number of nitrogens with zero attached hydrogens (tertiary/aromatic N) is 5. The molecule has 1 aromatic carbocycles. The summed E-state index contributed by atoms with van der Waals surface area (Å²) in [7, 11) is 1.65. The van der Waals surface area contributed by atoms with Crippen LogP contribution < -0.4 is 20.5 Å². The number of aliphatic imine (C=N–C) groups is 1. The minimum absolute atomic E-state index is 0.168. The van der Waals surface area contributed by atoms with E-state index < -0.39 is 5.66 Å². The number of methoxy groups -OCH3 is 1. The van der Waals surface area contributed by atoms with E-state index in [1.165, 1.54) is 0 Å². The molecule has 3 N–H and O–H groups in total. The van der Waals surface area contributed by atoms with Gasteiger partial charge in [-0.25, -0.2) is 9.98 Å². The van der Waals surface area contributed by atoms with Crippen LogP contribution >= 0.6 is 11.6 Å². The maximum Gasteiger partial charge on any atom is 0.231 e. The average Bonchev–Trinajstić information content (AvgIpc) is 3.52. The number of piperazine rings is 1. The molecule has 4 heterocycles. The van der Waals surface area contributed by atoms with Gasteiger partial charge >= 0.3 is 0 Å². The molecule has 2 unspecified atom stereocenters. The van der Waals surface area contributed by atoms with E-state index in [1.54, 1.807) is 19.6 Å². The molecule has 0 spiro atoms. The minimum Gasteiger partial charge on any atom is -0.454 e. The topological polar surface area (TPSA) is 119 Å². The van der Waals surface area contributed by atoms with Crippen molar-refractivity contribution in [2.45, 2.75) is 24.7 Å². The zero-order chi connectivity index (χ0) is 24.4. The lowest BCUT2D eigenvalue weighted by Crippen LogP contribution is -2.71. The zero-order valence-electron chi connectivity index (χ0n) is 19.4. The summed E-state index contributed by atoms with van der Waals surface area (Å²) in [5.74, 6) is 1.62. The lowest BCUT2D eigenvalue weighted by Gasteiger charge is -2.55. The summed E-state index contributed by atoms with van der Waals surface area (Å²) in [6.45, 7) is 2.92. The van der Waals surface area contributed by atoms with Crippen LogP contribution in [0.1, 0.15) is 12.0 Å². The normalized spacial score (nSPS) is 24.3. The van der Waals surface area contributed by atoms with Crippen molar-refractivity contribution < 1.29 is 19.0 Å². The fraction of sp³-hybridized carbons (Fsp3) is 0.435. The molecule has 186 valence electrons. The minimum atomic E-state index is -0.855. The Balaban J connectivity index is 1.62. The Bertz CT molecular complexity index is 1140. The number of rotatable bonds is 7. The SMILES string of the molecule is COCC1(N2CCNCC2CC(N)=O)C=C(Cl)N=C(n2ccnc2)N1Cc1ccc2c(c1)OCO2. The monoisotopic (exact) mass is 501 g/mol. The number of primary amides is 1. The first-order valence-electron chi connectivity index (χ1n) is 11.4. The van der Waals surface area contributed by atoms with Gasteiger partial charge in [0.15, 0.2) is 11.5 Å². The fourth-order valence-electron chi connectivity index (χ4n) is 4.97. The molecule has 12 heteroatoms. The molecule has 3 aliphatic heterocycles. The highest BCUT2D eigenvalue weighted by Crippen LogP contribution is 2.37. The molecule has 0 bridgehead atoms. The van der Waals surface area contributed by atoms with Crippen LogP contribution in [0, 0.1) is 0 Å². The van der Waals surface area contributed by atoms with Gasteiger partial charge in [0.2, 0.25) is 18.7 Å². The smallest absolute Gasteiger partial charge is 0.231 e. The molecule has 3 aliphatic rings. The highest BCUT2D eigenvalue weighted by Gasteiger charge is 2.49. The molecule has 1 aromatic heterocycles. The van der Waals surface area contributed by atoms with E-state index in [1.807, 2.05) is 35.0 Å². The van der Waals surface area contributed by atoms with Gasteiger partial charge in [-0.2, -0.15) is 0 Å². The van der Waals surface area contributed by atoms with Gasteiger partial charge in [0.25, 0.3) is 0 Å². The first kappa shape index (κ1) is 23.6. The van der Waals surface area contributed by atoms with Crippen molar-refractivity contribution in [1.29, 1.82) is 0 Å². The van der Waals surface area contributed by atoms with Crippen LogP contribution in [0.5, 0.6) is 11.5 Å². The fourth-order valence-corrected chi connectivity index (χ4v) is 5.22. The maximum atomic E-state index is 12.0. The number of benzene rings is 1. The van der Waals surface area contributed by atoms with Gasteiger partial charge in [-0.3, -0.25) is 14.3 Å². The number of carbonyl (C=O) groups excluding carboxylic acids is 1. The van der Waals surface area contributed by atoms with Gasteiger partial charge in [-0.15, -0.1) is 0 Å². The number of aromatic nitrogens is 2. The summed E-state index contributed by atoms with van der Waals surface area (Å²) in [6, 6.07) is 5.69. The first-order valence-corrected chi connectivity index (χ1v) is 11.7. The van der Waals surface area contributed by atoms with Crippen LogP contribution in [0.4, 0.5) is 0 Å². The second-order valence-electron chi connectivity index (χ2n) is 8.66. The number of carbonyl (C=O) groups is 1. The van der Waals surface area contributed by atoms with E-state index in [9.17, 15) is 4.79 Å². The van der Waals surface area contributed by atoms with Gasteiger partial charge < -0.3 is 30.2 Å². The van der Waals surface area contributed by atoms with Crippen LogP contribution in [0.3, 0.4) is 0 Å². The largest absolute Gasteiger partial charge is 0.454 e. The predicted octanol–water partition coefficient (Wildman–Crippen LogP) is 0.904. The molecule has 2 atom stereocenters. The average molecular weight is 502 g/mol. The van der Waals surface area contributed by atoms with Crippen molar-refractivity contribution in [2.24, 2.45) is 10.7 Å². The second-order valence-corrected chi connectivity index (χ2v) is 9.04. The van der Waals surface area contributed by atoms with Gasteiger partial charge in [-0.1, -0.05) is 17.7 Å². The van der Waals surface area contributed by atoms with Crippen molar-refractivity contribution in [3.63, 3.8) is 0 Å². The van der Waals surface area contributed by atoms with Gasteiger partial charge in [0.1, 0.15) is 17.1 Å². The molecule has 0 saturated carbocycles. The Labute approximate surface area is 208 Å². The summed E-state index contributed by atoms with van der Waals surface area (Å²) < 4.78 is 18.7. The standard InChI is InChI=1S/C23H28ClN7O4/c1-33-13-23(30-7-5-26-11-17(30)9-21(25)32)10-20(24)28-22(29-6-4-27-14-29)31(23)12-16-2-3-18-19(8-16)35-15-34-18/h2-4,6,8,10,14,17,26H,5,7,9,11-13,15H2,1H3,(H2,25,32). The molecule has 5 rings (SSSR count). The second kappa shape index (κ2) is 9.86. The number of halogens is 1. The third kappa shape index (κ3) is 4.59. The summed E-state index contributed by atoms with van der Waals surface area (Å²) in [5.41, 5.74) is 5.76. The molecular formula is C23H28ClN7O4. The third-order valence-corrected chi connectivity index (χ3v) is 6.61. The van der Waals surface area contributed by atoms with Crippen molar-refractivity contribution in [2.75, 3.05) is 40.1 Å². The number of hydrogen-bond acceptors (Lipinski definition) is 9. The Kier molecular flexibility index (Phi) is 6.65. The van der Waals surface area contributed by atoms with E-state index in [0.29, 0.717) is 42.2 Å². The summed E-state index contributed by atoms with van der Waals surface area (Å²) in [6.07, 6.45) is 7.27. The Hall–Kier alpha value is -3.12. The van der Waals surface area contributed by atoms with E-state index >= 15 is 0 Å². The molecule has 1 saturated heterocycles. The summed E-state index contributed by atoms with van der Waals surface area (Å²) in [5, 5.41) is 3.70. The summed E-state index contributed by atoms with van der Waals surface area (Å²) in [4.78, 5) is 25.2. The lowest BCUT2D eigenvalue weighted by molar-refractivity contribution is -0.122. The predicted molar refractivity (Wildman–Crippen MR) is 129 cm³/mol. The van der Waals surface area contributed by atoms with E-state index in [2.05, 4.69) is 25.1 Å². The van der Waals surface area contributed by atoms with Gasteiger partial charge in [-0.05, 0) is 23.8 Å². The number of hydrogen-bond donors (Lipinski definition) is 2. The van der Waals surface area contributed by atoms with Gasteiger partial charge in [0, 0.05) is 58.1 Å². The van der Waals surface area contributed by atoms with Crippen molar-refractivity contribution >= 4 is 23.5 Å². The summed E-state index contributed by atoms with van der Waals surface area (Å²) >= 11 is 6.65. The van der Waals surface area contributed by atoms with Crippen molar-refractivity contribution in [3.05, 3.63) is 53.7 Å². The number of nitrogens with one attached hydrogen (secondary N) is 1. The van der Waals surface area contributed by atoms with E-state index in [0.717, 1.165) is 12.1 Å². The number of imidazole rings is 1. The number of nitrogens with two attached hydrogens (primary N) is 1. The van der Waals surface area contributed by atoms with E-state index in [-0.39, 0.29) is 31.8 Å². The quantitative estimate of drug-likeness (QED) is 0.537. The third-order valence-electron chi connectivity index (χ3n) is 6.42. The highest BCUT2D eigenvalue weighted by atomic mass is 35.5. The van der Waals surface area contributed by atoms with Crippen LogP contribution in [0.15, 0.2) is 53.1 Å². The molecule has 2 aromatic rings. The molecule has 1 amide bonds. The van der Waals surface area contributed by atoms with Gasteiger partial charge in [0.05, 0.1) is 6.61 Å². The lowest BCUT2D eigenvalue weighted by atomic mass is 9.97. The molecule has 35 heavy (non-hydrogen) atoms. The Morgan fingerprint density at radius 2 is 2.23 bits per heavy atom. The molecule has 1 fully saturated rings. The first-order chi connectivity index (χ1) is 17.0. The van der Waals surface area contributed by atoms with Crippen LogP contribution in [0.25, 0.3) is 0 Å². The van der Waals surface area contributed by atoms with Crippen molar-refractivity contribution in [1.82, 2.24) is 24.7 Å². The molecular weight excluding hydrogens is 474 g/mol. The van der Waals surface area contributed by atoms with Crippen molar-refractivity contribution in [3.8, 4) is 11.5 Å².